The number of carbonyl (C=O) groups excluding carboxylic acids is 2. The van der Waals surface area contributed by atoms with Gasteiger partial charge in [0.2, 0.25) is 0 Å². The Morgan fingerprint density at radius 2 is 1.56 bits per heavy atom. The number of carbonyl (C=O) groups is 2. The zero-order valence-corrected chi connectivity index (χ0v) is 18.1. The monoisotopic (exact) mass is 468 g/mol. The summed E-state index contributed by atoms with van der Waals surface area (Å²) in [7, 11) is 1.50. The SMILES string of the molecule is COc1ccc(C2=C(Nc3cccc(OC(F)(F)F)c3)C(=O)N(c3cccc(C)c3)C2=O)cc1. The Bertz CT molecular complexity index is 1280. The molecule has 34 heavy (non-hydrogen) atoms. The third kappa shape index (κ3) is 4.73. The van der Waals surface area contributed by atoms with Crippen LogP contribution in [0.2, 0.25) is 0 Å². The quantitative estimate of drug-likeness (QED) is 0.498. The van der Waals surface area contributed by atoms with Crippen molar-refractivity contribution in [2.75, 3.05) is 17.3 Å². The Balaban J connectivity index is 1.77. The molecule has 2 amide bonds. The minimum Gasteiger partial charge on any atom is -0.497 e. The minimum absolute atomic E-state index is 0.0687. The summed E-state index contributed by atoms with van der Waals surface area (Å²) in [6, 6.07) is 18.5. The molecule has 0 atom stereocenters. The highest BCUT2D eigenvalue weighted by Crippen LogP contribution is 2.35. The second-order valence-corrected chi connectivity index (χ2v) is 7.46. The summed E-state index contributed by atoms with van der Waals surface area (Å²) < 4.78 is 47.0. The van der Waals surface area contributed by atoms with Crippen molar-refractivity contribution in [1.82, 2.24) is 0 Å². The molecule has 3 aromatic carbocycles. The van der Waals surface area contributed by atoms with Gasteiger partial charge in [-0.1, -0.05) is 30.3 Å². The first-order chi connectivity index (χ1) is 16.2. The van der Waals surface area contributed by atoms with E-state index in [0.29, 0.717) is 17.0 Å². The van der Waals surface area contributed by atoms with Crippen LogP contribution in [-0.2, 0) is 9.59 Å². The van der Waals surface area contributed by atoms with E-state index in [0.717, 1.165) is 22.6 Å². The molecule has 0 aromatic heterocycles. The van der Waals surface area contributed by atoms with Gasteiger partial charge < -0.3 is 14.8 Å². The summed E-state index contributed by atoms with van der Waals surface area (Å²) in [5, 5.41) is 2.83. The van der Waals surface area contributed by atoms with Crippen molar-refractivity contribution in [3.05, 3.63) is 89.6 Å². The summed E-state index contributed by atoms with van der Waals surface area (Å²) in [5.74, 6) is -1.10. The molecule has 0 aliphatic carbocycles. The smallest absolute Gasteiger partial charge is 0.497 e. The first-order valence-electron chi connectivity index (χ1n) is 10.1. The van der Waals surface area contributed by atoms with Gasteiger partial charge in [-0.2, -0.15) is 0 Å². The standard InChI is InChI=1S/C25H19F3N2O4/c1-15-5-3-7-18(13-15)30-23(31)21(16-9-11-19(33-2)12-10-16)22(24(30)32)29-17-6-4-8-20(14-17)34-25(26,27)28/h3-14,29H,1-2H3. The first kappa shape index (κ1) is 22.9. The van der Waals surface area contributed by atoms with Crippen LogP contribution in [0.15, 0.2) is 78.5 Å². The van der Waals surface area contributed by atoms with Crippen molar-refractivity contribution < 1.29 is 32.2 Å². The number of rotatable bonds is 6. The summed E-state index contributed by atoms with van der Waals surface area (Å²) >= 11 is 0. The Labute approximate surface area is 193 Å². The van der Waals surface area contributed by atoms with Crippen molar-refractivity contribution in [2.24, 2.45) is 0 Å². The topological polar surface area (TPSA) is 67.9 Å². The van der Waals surface area contributed by atoms with Gasteiger partial charge in [-0.15, -0.1) is 13.2 Å². The van der Waals surface area contributed by atoms with Crippen LogP contribution in [0, 0.1) is 6.92 Å². The van der Waals surface area contributed by atoms with E-state index in [-0.39, 0.29) is 17.0 Å². The number of alkyl halides is 3. The first-order valence-corrected chi connectivity index (χ1v) is 10.1. The lowest BCUT2D eigenvalue weighted by atomic mass is 10.0. The van der Waals surface area contributed by atoms with E-state index in [9.17, 15) is 22.8 Å². The van der Waals surface area contributed by atoms with Gasteiger partial charge in [0.25, 0.3) is 11.8 Å². The van der Waals surface area contributed by atoms with Gasteiger partial charge in [-0.25, -0.2) is 4.90 Å². The molecule has 0 fully saturated rings. The van der Waals surface area contributed by atoms with E-state index in [1.54, 1.807) is 42.5 Å². The lowest BCUT2D eigenvalue weighted by molar-refractivity contribution is -0.274. The van der Waals surface area contributed by atoms with Crippen LogP contribution in [0.3, 0.4) is 0 Å². The number of methoxy groups -OCH3 is 1. The van der Waals surface area contributed by atoms with E-state index < -0.39 is 23.9 Å². The van der Waals surface area contributed by atoms with Crippen LogP contribution in [-0.4, -0.2) is 25.3 Å². The lowest BCUT2D eigenvalue weighted by Crippen LogP contribution is -2.32. The maximum absolute atomic E-state index is 13.4. The van der Waals surface area contributed by atoms with Crippen molar-refractivity contribution in [3.8, 4) is 11.5 Å². The zero-order valence-electron chi connectivity index (χ0n) is 18.1. The molecule has 9 heteroatoms. The number of aryl methyl sites for hydroxylation is 1. The summed E-state index contributed by atoms with van der Waals surface area (Å²) in [6.07, 6.45) is -4.87. The number of imide groups is 1. The molecule has 1 heterocycles. The largest absolute Gasteiger partial charge is 0.573 e. The fraction of sp³-hybridized carbons (Fsp3) is 0.120. The van der Waals surface area contributed by atoms with E-state index in [1.165, 1.54) is 19.2 Å². The molecule has 1 aliphatic rings. The van der Waals surface area contributed by atoms with E-state index in [4.69, 9.17) is 4.74 Å². The number of nitrogens with one attached hydrogen (secondary N) is 1. The summed E-state index contributed by atoms with van der Waals surface area (Å²) in [4.78, 5) is 27.9. The van der Waals surface area contributed by atoms with Gasteiger partial charge in [0, 0.05) is 11.8 Å². The molecule has 174 valence electrons. The zero-order chi connectivity index (χ0) is 24.5. The number of nitrogens with zero attached hydrogens (tertiary/aromatic N) is 1. The average molecular weight is 468 g/mol. The van der Waals surface area contributed by atoms with Crippen LogP contribution in [0.25, 0.3) is 5.57 Å². The maximum Gasteiger partial charge on any atom is 0.573 e. The number of ether oxygens (including phenoxy) is 2. The van der Waals surface area contributed by atoms with Crippen molar-refractivity contribution in [3.63, 3.8) is 0 Å². The van der Waals surface area contributed by atoms with Gasteiger partial charge in [0.05, 0.1) is 18.4 Å². The Kier molecular flexibility index (Phi) is 6.02. The number of benzene rings is 3. The van der Waals surface area contributed by atoms with Crippen LogP contribution >= 0.6 is 0 Å². The number of hydrogen-bond acceptors (Lipinski definition) is 5. The van der Waals surface area contributed by atoms with Crippen LogP contribution < -0.4 is 19.7 Å². The Morgan fingerprint density at radius 1 is 0.853 bits per heavy atom. The molecule has 6 nitrogen and oxygen atoms in total. The van der Waals surface area contributed by atoms with Gasteiger partial charge in [0.15, 0.2) is 0 Å². The van der Waals surface area contributed by atoms with Crippen LogP contribution in [0.1, 0.15) is 11.1 Å². The highest BCUT2D eigenvalue weighted by molar-refractivity contribution is 6.46. The molecule has 0 spiro atoms. The molecule has 0 saturated carbocycles. The molecular formula is C25H19F3N2O4. The number of halogens is 3. The highest BCUT2D eigenvalue weighted by atomic mass is 19.4. The van der Waals surface area contributed by atoms with E-state index >= 15 is 0 Å². The van der Waals surface area contributed by atoms with E-state index in [1.807, 2.05) is 13.0 Å². The maximum atomic E-state index is 13.4. The predicted molar refractivity (Wildman–Crippen MR) is 120 cm³/mol. The molecule has 1 aliphatic heterocycles. The molecule has 1 N–H and O–H groups in total. The Morgan fingerprint density at radius 3 is 2.21 bits per heavy atom. The lowest BCUT2D eigenvalue weighted by Gasteiger charge is -2.16. The molecule has 3 aromatic rings. The summed E-state index contributed by atoms with van der Waals surface area (Å²) in [5.41, 5.74) is 1.83. The normalized spacial score (nSPS) is 14.0. The fourth-order valence-electron chi connectivity index (χ4n) is 3.59. The van der Waals surface area contributed by atoms with Crippen molar-refractivity contribution >= 4 is 28.8 Å². The molecule has 0 unspecified atom stereocenters. The highest BCUT2D eigenvalue weighted by Gasteiger charge is 2.40. The average Bonchev–Trinajstić information content (AvgIpc) is 3.02. The van der Waals surface area contributed by atoms with Gasteiger partial charge >= 0.3 is 6.36 Å². The molecule has 0 saturated heterocycles. The van der Waals surface area contributed by atoms with Crippen molar-refractivity contribution in [1.29, 1.82) is 0 Å². The number of amides is 2. The third-order valence-corrected chi connectivity index (χ3v) is 5.06. The van der Waals surface area contributed by atoms with Gasteiger partial charge in [0.1, 0.15) is 17.2 Å². The molecule has 4 rings (SSSR count). The second kappa shape index (κ2) is 8.93. The second-order valence-electron chi connectivity index (χ2n) is 7.46. The van der Waals surface area contributed by atoms with Crippen LogP contribution in [0.4, 0.5) is 24.5 Å². The third-order valence-electron chi connectivity index (χ3n) is 5.06. The predicted octanol–water partition coefficient (Wildman–Crippen LogP) is 5.30. The number of hydrogen-bond donors (Lipinski definition) is 1. The van der Waals surface area contributed by atoms with Crippen LogP contribution in [0.5, 0.6) is 11.5 Å². The molecule has 0 radical (unpaired) electrons. The number of anilines is 2. The molecular weight excluding hydrogens is 449 g/mol. The minimum atomic E-state index is -4.87. The van der Waals surface area contributed by atoms with Crippen molar-refractivity contribution in [2.45, 2.75) is 13.3 Å². The Hall–Kier alpha value is -4.27. The van der Waals surface area contributed by atoms with Gasteiger partial charge in [-0.05, 0) is 54.4 Å². The summed E-state index contributed by atoms with van der Waals surface area (Å²) in [6.45, 7) is 1.83. The van der Waals surface area contributed by atoms with Gasteiger partial charge in [-0.3, -0.25) is 9.59 Å². The molecule has 0 bridgehead atoms. The van der Waals surface area contributed by atoms with E-state index in [2.05, 4.69) is 10.1 Å². The fourth-order valence-corrected chi connectivity index (χ4v) is 3.59.